The predicted molar refractivity (Wildman–Crippen MR) is 46.3 cm³/mol. The topological polar surface area (TPSA) is 52.0 Å². The maximum atomic E-state index is 12.8. The zero-order chi connectivity index (χ0) is 9.26. The predicted octanol–water partition coefficient (Wildman–Crippen LogP) is 2.06. The smallest absolute Gasteiger partial charge is 0.222 e. The first kappa shape index (κ1) is 7.79. The fourth-order valence-corrected chi connectivity index (χ4v) is 1.07. The van der Waals surface area contributed by atoms with Crippen LogP contribution < -0.4 is 5.73 Å². The van der Waals surface area contributed by atoms with Gasteiger partial charge in [0.05, 0.1) is 0 Å². The molecule has 2 N–H and O–H groups in total. The molecule has 2 aromatic rings. The van der Waals surface area contributed by atoms with Gasteiger partial charge in [-0.15, -0.1) is 0 Å². The van der Waals surface area contributed by atoms with Gasteiger partial charge in [-0.25, -0.2) is 4.39 Å². The highest BCUT2D eigenvalue weighted by molar-refractivity contribution is 5.60. The fraction of sp³-hybridized carbons (Fsp3) is 0. The number of nitrogen functional groups attached to an aromatic ring is 1. The minimum absolute atomic E-state index is 0.222. The van der Waals surface area contributed by atoms with Crippen LogP contribution in [0.3, 0.4) is 0 Å². The lowest BCUT2D eigenvalue weighted by molar-refractivity contribution is 0.439. The van der Waals surface area contributed by atoms with Gasteiger partial charge in [-0.1, -0.05) is 17.3 Å². The Balaban J connectivity index is 2.46. The first-order chi connectivity index (χ1) is 6.25. The van der Waals surface area contributed by atoms with Crippen molar-refractivity contribution in [3.63, 3.8) is 0 Å². The summed E-state index contributed by atoms with van der Waals surface area (Å²) in [6.07, 6.45) is 0. The number of hydrogen-bond acceptors (Lipinski definition) is 3. The van der Waals surface area contributed by atoms with Gasteiger partial charge in [0, 0.05) is 11.6 Å². The van der Waals surface area contributed by atoms with Crippen molar-refractivity contribution in [3.8, 4) is 11.3 Å². The number of aromatic nitrogens is 1. The summed E-state index contributed by atoms with van der Waals surface area (Å²) in [6, 6.07) is 7.63. The minimum atomic E-state index is -0.306. The standard InChI is InChI=1S/C9H7FN2O/c10-7-3-1-2-6(4-7)8-5-9(11)13-12-8/h1-5H,11H2. The molecule has 0 aliphatic heterocycles. The van der Waals surface area contributed by atoms with Crippen LogP contribution >= 0.6 is 0 Å². The van der Waals surface area contributed by atoms with Crippen LogP contribution in [-0.4, -0.2) is 5.16 Å². The Labute approximate surface area is 74.0 Å². The molecule has 0 amide bonds. The third-order valence-electron chi connectivity index (χ3n) is 1.65. The summed E-state index contributed by atoms with van der Waals surface area (Å²) in [5.41, 5.74) is 6.52. The summed E-state index contributed by atoms with van der Waals surface area (Å²) >= 11 is 0. The molecule has 1 aromatic heterocycles. The zero-order valence-corrected chi connectivity index (χ0v) is 6.70. The highest BCUT2D eigenvalue weighted by Crippen LogP contribution is 2.20. The number of rotatable bonds is 1. The average molecular weight is 178 g/mol. The van der Waals surface area contributed by atoms with Crippen LogP contribution in [0.25, 0.3) is 11.3 Å². The molecule has 13 heavy (non-hydrogen) atoms. The maximum Gasteiger partial charge on any atom is 0.222 e. The fourth-order valence-electron chi connectivity index (χ4n) is 1.07. The number of nitrogens with zero attached hydrogens (tertiary/aromatic N) is 1. The Morgan fingerprint density at radius 1 is 1.31 bits per heavy atom. The quantitative estimate of drug-likeness (QED) is 0.727. The molecule has 0 saturated carbocycles. The van der Waals surface area contributed by atoms with Crippen molar-refractivity contribution in [2.75, 3.05) is 5.73 Å². The van der Waals surface area contributed by atoms with E-state index in [0.717, 1.165) is 0 Å². The van der Waals surface area contributed by atoms with Crippen molar-refractivity contribution in [1.29, 1.82) is 0 Å². The second-order valence-corrected chi connectivity index (χ2v) is 2.62. The molecule has 0 aliphatic carbocycles. The molecule has 1 heterocycles. The average Bonchev–Trinajstić information content (AvgIpc) is 2.52. The number of halogens is 1. The van der Waals surface area contributed by atoms with Gasteiger partial charge in [0.1, 0.15) is 11.5 Å². The van der Waals surface area contributed by atoms with E-state index in [-0.39, 0.29) is 11.7 Å². The molecule has 0 bridgehead atoms. The van der Waals surface area contributed by atoms with Gasteiger partial charge in [0.25, 0.3) is 0 Å². The summed E-state index contributed by atoms with van der Waals surface area (Å²) in [6.45, 7) is 0. The van der Waals surface area contributed by atoms with Crippen molar-refractivity contribution in [2.24, 2.45) is 0 Å². The molecule has 0 radical (unpaired) electrons. The van der Waals surface area contributed by atoms with Gasteiger partial charge in [-0.2, -0.15) is 0 Å². The second kappa shape index (κ2) is 2.90. The van der Waals surface area contributed by atoms with E-state index >= 15 is 0 Å². The molecule has 0 fully saturated rings. The van der Waals surface area contributed by atoms with Crippen molar-refractivity contribution < 1.29 is 8.91 Å². The van der Waals surface area contributed by atoms with E-state index in [4.69, 9.17) is 5.73 Å². The number of hydrogen-bond donors (Lipinski definition) is 1. The summed E-state index contributed by atoms with van der Waals surface area (Å²) in [7, 11) is 0. The molecule has 0 spiro atoms. The van der Waals surface area contributed by atoms with Crippen LogP contribution in [0.5, 0.6) is 0 Å². The molecule has 3 nitrogen and oxygen atoms in total. The van der Waals surface area contributed by atoms with E-state index in [1.807, 2.05) is 0 Å². The van der Waals surface area contributed by atoms with Crippen LogP contribution in [0.4, 0.5) is 10.3 Å². The highest BCUT2D eigenvalue weighted by atomic mass is 19.1. The van der Waals surface area contributed by atoms with Crippen LogP contribution in [-0.2, 0) is 0 Å². The number of anilines is 1. The van der Waals surface area contributed by atoms with Gasteiger partial charge in [-0.3, -0.25) is 0 Å². The Hall–Kier alpha value is -1.84. The van der Waals surface area contributed by atoms with Gasteiger partial charge < -0.3 is 10.3 Å². The first-order valence-electron chi connectivity index (χ1n) is 3.74. The molecule has 2 rings (SSSR count). The first-order valence-corrected chi connectivity index (χ1v) is 3.74. The van der Waals surface area contributed by atoms with E-state index < -0.39 is 0 Å². The number of benzene rings is 1. The van der Waals surface area contributed by atoms with Gasteiger partial charge >= 0.3 is 0 Å². The SMILES string of the molecule is Nc1cc(-c2cccc(F)c2)no1. The molecule has 66 valence electrons. The molecule has 0 saturated heterocycles. The van der Waals surface area contributed by atoms with E-state index in [1.165, 1.54) is 12.1 Å². The third kappa shape index (κ3) is 1.51. The van der Waals surface area contributed by atoms with E-state index in [0.29, 0.717) is 11.3 Å². The Morgan fingerprint density at radius 3 is 2.77 bits per heavy atom. The molecular weight excluding hydrogens is 171 g/mol. The van der Waals surface area contributed by atoms with Crippen molar-refractivity contribution >= 4 is 5.88 Å². The normalized spacial score (nSPS) is 10.2. The summed E-state index contributed by atoms with van der Waals surface area (Å²) in [4.78, 5) is 0. The second-order valence-electron chi connectivity index (χ2n) is 2.62. The van der Waals surface area contributed by atoms with Crippen LogP contribution in [0.1, 0.15) is 0 Å². The van der Waals surface area contributed by atoms with Crippen molar-refractivity contribution in [3.05, 3.63) is 36.1 Å². The van der Waals surface area contributed by atoms with Gasteiger partial charge in [-0.05, 0) is 12.1 Å². The Bertz CT molecular complexity index is 425. The van der Waals surface area contributed by atoms with Crippen molar-refractivity contribution in [2.45, 2.75) is 0 Å². The van der Waals surface area contributed by atoms with E-state index in [1.54, 1.807) is 18.2 Å². The molecule has 4 heteroatoms. The van der Waals surface area contributed by atoms with Crippen LogP contribution in [0.15, 0.2) is 34.9 Å². The summed E-state index contributed by atoms with van der Waals surface area (Å²) in [5.74, 6) is -0.0849. The summed E-state index contributed by atoms with van der Waals surface area (Å²) < 4.78 is 17.4. The lowest BCUT2D eigenvalue weighted by Gasteiger charge is -1.93. The van der Waals surface area contributed by atoms with Crippen LogP contribution in [0.2, 0.25) is 0 Å². The molecule has 0 unspecified atom stereocenters. The maximum absolute atomic E-state index is 12.8. The lowest BCUT2D eigenvalue weighted by atomic mass is 10.1. The zero-order valence-electron chi connectivity index (χ0n) is 6.70. The Kier molecular flexibility index (Phi) is 1.73. The number of nitrogens with two attached hydrogens (primary N) is 1. The molecular formula is C9H7FN2O. The molecule has 0 atom stereocenters. The molecule has 0 aliphatic rings. The highest BCUT2D eigenvalue weighted by Gasteiger charge is 2.03. The van der Waals surface area contributed by atoms with Crippen LogP contribution in [0, 0.1) is 5.82 Å². The largest absolute Gasteiger partial charge is 0.368 e. The summed E-state index contributed by atoms with van der Waals surface area (Å²) in [5, 5.41) is 3.66. The van der Waals surface area contributed by atoms with Gasteiger partial charge in [0.15, 0.2) is 0 Å². The molecule has 1 aromatic carbocycles. The van der Waals surface area contributed by atoms with Gasteiger partial charge in [0.2, 0.25) is 5.88 Å². The van der Waals surface area contributed by atoms with E-state index in [9.17, 15) is 4.39 Å². The lowest BCUT2D eigenvalue weighted by Crippen LogP contribution is -1.79. The third-order valence-corrected chi connectivity index (χ3v) is 1.65. The van der Waals surface area contributed by atoms with E-state index in [2.05, 4.69) is 9.68 Å². The van der Waals surface area contributed by atoms with Crippen molar-refractivity contribution in [1.82, 2.24) is 5.16 Å². The Morgan fingerprint density at radius 2 is 2.15 bits per heavy atom. The minimum Gasteiger partial charge on any atom is -0.368 e. The monoisotopic (exact) mass is 178 g/mol.